The lowest BCUT2D eigenvalue weighted by Gasteiger charge is -2.17. The van der Waals surface area contributed by atoms with E-state index in [2.05, 4.69) is 58.1 Å². The van der Waals surface area contributed by atoms with Crippen molar-refractivity contribution in [2.75, 3.05) is 13.1 Å². The van der Waals surface area contributed by atoms with Crippen molar-refractivity contribution in [3.63, 3.8) is 0 Å². The maximum absolute atomic E-state index is 3.52. The molecule has 0 aliphatic rings. The van der Waals surface area contributed by atoms with Crippen molar-refractivity contribution >= 4 is 0 Å². The van der Waals surface area contributed by atoms with Crippen molar-refractivity contribution in [3.05, 3.63) is 34.9 Å². The number of hydrogen-bond acceptors (Lipinski definition) is 1. The molecule has 1 N–H and O–H groups in total. The van der Waals surface area contributed by atoms with E-state index in [1.807, 2.05) is 0 Å². The van der Waals surface area contributed by atoms with Crippen molar-refractivity contribution < 1.29 is 0 Å². The second-order valence-electron chi connectivity index (χ2n) is 5.58. The van der Waals surface area contributed by atoms with Crippen LogP contribution in [0.1, 0.15) is 49.8 Å². The summed E-state index contributed by atoms with van der Waals surface area (Å²) in [4.78, 5) is 0. The highest BCUT2D eigenvalue weighted by atomic mass is 14.8. The van der Waals surface area contributed by atoms with Crippen LogP contribution in [0.3, 0.4) is 0 Å². The predicted octanol–water partition coefficient (Wildman–Crippen LogP) is 4.04. The highest BCUT2D eigenvalue weighted by Gasteiger charge is 2.09. The molecule has 0 saturated heterocycles. The Balaban J connectivity index is 2.47. The predicted molar refractivity (Wildman–Crippen MR) is 76.7 cm³/mol. The molecule has 0 aliphatic carbocycles. The zero-order chi connectivity index (χ0) is 12.8. The molecule has 1 rings (SSSR count). The molecule has 0 radical (unpaired) electrons. The zero-order valence-electron chi connectivity index (χ0n) is 12.0. The molecule has 1 heteroatoms. The highest BCUT2D eigenvalue weighted by molar-refractivity contribution is 5.35. The van der Waals surface area contributed by atoms with E-state index < -0.39 is 0 Å². The van der Waals surface area contributed by atoms with Gasteiger partial charge in [-0.2, -0.15) is 0 Å². The molecule has 1 unspecified atom stereocenters. The molecule has 0 aromatic heterocycles. The topological polar surface area (TPSA) is 12.0 Å². The lowest BCUT2D eigenvalue weighted by atomic mass is 9.91. The maximum Gasteiger partial charge on any atom is -0.00258 e. The van der Waals surface area contributed by atoms with Gasteiger partial charge in [0.05, 0.1) is 0 Å². The Morgan fingerprint density at radius 1 is 1.12 bits per heavy atom. The molecule has 1 nitrogen and oxygen atoms in total. The first-order valence-corrected chi connectivity index (χ1v) is 6.79. The Hall–Kier alpha value is -0.820. The fraction of sp³-hybridized carbons (Fsp3) is 0.625. The van der Waals surface area contributed by atoms with Gasteiger partial charge in [0.1, 0.15) is 0 Å². The molecule has 0 amide bonds. The third kappa shape index (κ3) is 4.51. The average molecular weight is 233 g/mol. The number of benzene rings is 1. The Bertz CT molecular complexity index is 341. The summed E-state index contributed by atoms with van der Waals surface area (Å²) in [7, 11) is 0. The van der Waals surface area contributed by atoms with Crippen LogP contribution in [-0.2, 0) is 0 Å². The average Bonchev–Trinajstić information content (AvgIpc) is 2.27. The maximum atomic E-state index is 3.52. The largest absolute Gasteiger partial charge is 0.316 e. The Labute approximate surface area is 107 Å². The van der Waals surface area contributed by atoms with Crippen LogP contribution in [0.25, 0.3) is 0 Å². The Morgan fingerprint density at radius 2 is 1.82 bits per heavy atom. The van der Waals surface area contributed by atoms with Gasteiger partial charge in [0.25, 0.3) is 0 Å². The smallest absolute Gasteiger partial charge is 0.00258 e. The molecule has 0 aliphatic heterocycles. The zero-order valence-corrected chi connectivity index (χ0v) is 12.0. The van der Waals surface area contributed by atoms with Crippen molar-refractivity contribution in [2.24, 2.45) is 5.92 Å². The van der Waals surface area contributed by atoms with Crippen LogP contribution in [0.5, 0.6) is 0 Å². The van der Waals surface area contributed by atoms with Gasteiger partial charge in [-0.05, 0) is 61.9 Å². The van der Waals surface area contributed by atoms with Gasteiger partial charge in [-0.25, -0.2) is 0 Å². The minimum Gasteiger partial charge on any atom is -0.316 e. The first-order valence-electron chi connectivity index (χ1n) is 6.79. The van der Waals surface area contributed by atoms with Gasteiger partial charge in [0.2, 0.25) is 0 Å². The van der Waals surface area contributed by atoms with E-state index >= 15 is 0 Å². The molecule has 0 fully saturated rings. The second kappa shape index (κ2) is 6.80. The van der Waals surface area contributed by atoms with E-state index in [4.69, 9.17) is 0 Å². The van der Waals surface area contributed by atoms with Gasteiger partial charge in [0.15, 0.2) is 0 Å². The van der Waals surface area contributed by atoms with Crippen molar-refractivity contribution in [1.82, 2.24) is 5.32 Å². The summed E-state index contributed by atoms with van der Waals surface area (Å²) in [5.74, 6) is 1.39. The van der Waals surface area contributed by atoms with Crippen molar-refractivity contribution in [1.29, 1.82) is 0 Å². The third-order valence-corrected chi connectivity index (χ3v) is 3.48. The second-order valence-corrected chi connectivity index (χ2v) is 5.58. The van der Waals surface area contributed by atoms with Crippen LogP contribution in [0.4, 0.5) is 0 Å². The standard InChI is InChI=1S/C16H27N/c1-12(2)11-17-10-9-14(4)16-8-6-7-13(3)15(16)5/h6-8,12,14,17H,9-11H2,1-5H3. The molecule has 1 atom stereocenters. The molecule has 0 heterocycles. The van der Waals surface area contributed by atoms with Gasteiger partial charge in [-0.15, -0.1) is 0 Å². The Kier molecular flexibility index (Phi) is 5.70. The fourth-order valence-electron chi connectivity index (χ4n) is 2.17. The van der Waals surface area contributed by atoms with Crippen LogP contribution in [0.2, 0.25) is 0 Å². The molecule has 0 saturated carbocycles. The van der Waals surface area contributed by atoms with Crippen molar-refractivity contribution in [3.8, 4) is 0 Å². The van der Waals surface area contributed by atoms with Crippen molar-refractivity contribution in [2.45, 2.75) is 47.0 Å². The van der Waals surface area contributed by atoms with E-state index in [0.717, 1.165) is 19.0 Å². The summed E-state index contributed by atoms with van der Waals surface area (Å²) < 4.78 is 0. The van der Waals surface area contributed by atoms with Crippen LogP contribution in [0, 0.1) is 19.8 Å². The van der Waals surface area contributed by atoms with Gasteiger partial charge in [-0.1, -0.05) is 39.0 Å². The Morgan fingerprint density at radius 3 is 2.47 bits per heavy atom. The molecule has 1 aromatic rings. The molecule has 0 bridgehead atoms. The molecule has 1 aromatic carbocycles. The number of aryl methyl sites for hydroxylation is 1. The lowest BCUT2D eigenvalue weighted by Crippen LogP contribution is -2.22. The SMILES string of the molecule is Cc1cccc(C(C)CCNCC(C)C)c1C. The summed E-state index contributed by atoms with van der Waals surface area (Å²) in [5.41, 5.74) is 4.38. The molecule has 0 spiro atoms. The number of nitrogens with one attached hydrogen (secondary N) is 1. The lowest BCUT2D eigenvalue weighted by molar-refractivity contribution is 0.524. The summed E-state index contributed by atoms with van der Waals surface area (Å²) in [6.45, 7) is 13.5. The molecule has 96 valence electrons. The first-order chi connectivity index (χ1) is 8.02. The summed E-state index contributed by atoms with van der Waals surface area (Å²) in [6, 6.07) is 6.65. The van der Waals surface area contributed by atoms with Crippen LogP contribution >= 0.6 is 0 Å². The van der Waals surface area contributed by atoms with Gasteiger partial charge < -0.3 is 5.32 Å². The van der Waals surface area contributed by atoms with Crippen LogP contribution < -0.4 is 5.32 Å². The normalized spacial score (nSPS) is 13.1. The number of hydrogen-bond donors (Lipinski definition) is 1. The summed E-state index contributed by atoms with van der Waals surface area (Å²) >= 11 is 0. The highest BCUT2D eigenvalue weighted by Crippen LogP contribution is 2.24. The number of rotatable bonds is 6. The van der Waals surface area contributed by atoms with Crippen LogP contribution in [-0.4, -0.2) is 13.1 Å². The van der Waals surface area contributed by atoms with Crippen LogP contribution in [0.15, 0.2) is 18.2 Å². The summed E-state index contributed by atoms with van der Waals surface area (Å²) in [6.07, 6.45) is 1.22. The van der Waals surface area contributed by atoms with Gasteiger partial charge in [0, 0.05) is 0 Å². The monoisotopic (exact) mass is 233 g/mol. The molecular weight excluding hydrogens is 206 g/mol. The third-order valence-electron chi connectivity index (χ3n) is 3.48. The minimum atomic E-state index is 0.648. The quantitative estimate of drug-likeness (QED) is 0.731. The van der Waals surface area contributed by atoms with E-state index in [1.165, 1.54) is 23.1 Å². The first kappa shape index (κ1) is 14.2. The van der Waals surface area contributed by atoms with Gasteiger partial charge >= 0.3 is 0 Å². The molecule has 17 heavy (non-hydrogen) atoms. The van der Waals surface area contributed by atoms with E-state index in [0.29, 0.717) is 5.92 Å². The fourth-order valence-corrected chi connectivity index (χ4v) is 2.17. The van der Waals surface area contributed by atoms with E-state index in [-0.39, 0.29) is 0 Å². The van der Waals surface area contributed by atoms with E-state index in [9.17, 15) is 0 Å². The van der Waals surface area contributed by atoms with E-state index in [1.54, 1.807) is 0 Å². The minimum absolute atomic E-state index is 0.648. The molecular formula is C16H27N. The van der Waals surface area contributed by atoms with Gasteiger partial charge in [-0.3, -0.25) is 0 Å². The summed E-state index contributed by atoms with van der Waals surface area (Å²) in [5, 5.41) is 3.52.